The van der Waals surface area contributed by atoms with Gasteiger partial charge in [-0.25, -0.2) is 8.78 Å². The zero-order chi connectivity index (χ0) is 12.7. The van der Waals surface area contributed by atoms with Crippen LogP contribution in [0.4, 0.5) is 14.5 Å². The number of carbonyl (C=O) groups is 1. The average Bonchev–Trinajstić information content (AvgIpc) is 2.30. The van der Waals surface area contributed by atoms with Gasteiger partial charge in [0.15, 0.2) is 11.6 Å². The van der Waals surface area contributed by atoms with Crippen molar-refractivity contribution in [3.63, 3.8) is 0 Å². The number of hydrogen-bond donors (Lipinski definition) is 2. The van der Waals surface area contributed by atoms with Crippen molar-refractivity contribution < 1.29 is 13.6 Å². The lowest BCUT2D eigenvalue weighted by Crippen LogP contribution is -2.22. The fourth-order valence-electron chi connectivity index (χ4n) is 1.30. The van der Waals surface area contributed by atoms with Crippen molar-refractivity contribution in [1.29, 1.82) is 0 Å². The molecule has 0 aromatic heterocycles. The van der Waals surface area contributed by atoms with Gasteiger partial charge >= 0.3 is 0 Å². The molecule has 0 radical (unpaired) electrons. The van der Waals surface area contributed by atoms with Gasteiger partial charge in [-0.1, -0.05) is 6.92 Å². The highest BCUT2D eigenvalue weighted by atomic mass is 19.2. The second kappa shape index (κ2) is 6.96. The van der Waals surface area contributed by atoms with Gasteiger partial charge in [-0.05, 0) is 25.1 Å². The Balaban J connectivity index is 2.37. The molecule has 1 aromatic rings. The van der Waals surface area contributed by atoms with E-state index in [1.165, 1.54) is 6.07 Å². The molecule has 94 valence electrons. The maximum Gasteiger partial charge on any atom is 0.225 e. The maximum absolute atomic E-state index is 12.8. The summed E-state index contributed by atoms with van der Waals surface area (Å²) in [6.45, 7) is 3.47. The second-order valence-electron chi connectivity index (χ2n) is 3.68. The van der Waals surface area contributed by atoms with Crippen LogP contribution in [0.5, 0.6) is 0 Å². The molecule has 1 aromatic carbocycles. The van der Waals surface area contributed by atoms with Gasteiger partial charge in [0.2, 0.25) is 5.91 Å². The Bertz CT molecular complexity index is 383. The number of benzene rings is 1. The van der Waals surface area contributed by atoms with E-state index in [0.717, 1.165) is 25.1 Å². The Morgan fingerprint density at radius 2 is 2.00 bits per heavy atom. The molecule has 0 saturated heterocycles. The van der Waals surface area contributed by atoms with Crippen molar-refractivity contribution in [2.45, 2.75) is 19.8 Å². The Labute approximate surface area is 99.2 Å². The van der Waals surface area contributed by atoms with Crippen LogP contribution < -0.4 is 10.6 Å². The Morgan fingerprint density at radius 1 is 1.24 bits per heavy atom. The summed E-state index contributed by atoms with van der Waals surface area (Å²) in [5.74, 6) is -2.11. The summed E-state index contributed by atoms with van der Waals surface area (Å²) in [6, 6.07) is 3.28. The predicted octanol–water partition coefficient (Wildman–Crippen LogP) is 2.29. The third-order valence-corrected chi connectivity index (χ3v) is 2.16. The van der Waals surface area contributed by atoms with E-state index in [1.807, 2.05) is 6.92 Å². The van der Waals surface area contributed by atoms with Gasteiger partial charge in [-0.2, -0.15) is 0 Å². The van der Waals surface area contributed by atoms with Crippen molar-refractivity contribution in [2.75, 3.05) is 18.4 Å². The molecule has 0 aliphatic heterocycles. The van der Waals surface area contributed by atoms with Gasteiger partial charge in [-0.15, -0.1) is 0 Å². The van der Waals surface area contributed by atoms with Gasteiger partial charge in [0, 0.05) is 24.7 Å². The highest BCUT2D eigenvalue weighted by molar-refractivity contribution is 5.90. The molecule has 0 aliphatic rings. The zero-order valence-corrected chi connectivity index (χ0v) is 9.72. The van der Waals surface area contributed by atoms with Gasteiger partial charge in [0.05, 0.1) is 0 Å². The summed E-state index contributed by atoms with van der Waals surface area (Å²) in [7, 11) is 0. The van der Waals surface area contributed by atoms with E-state index in [2.05, 4.69) is 10.6 Å². The molecule has 3 nitrogen and oxygen atoms in total. The standard InChI is InChI=1S/C12H16F2N2O/c1-2-6-15-7-5-12(17)16-9-3-4-10(13)11(14)8-9/h3-4,8,15H,2,5-7H2,1H3,(H,16,17). The smallest absolute Gasteiger partial charge is 0.225 e. The molecule has 0 heterocycles. The van der Waals surface area contributed by atoms with Gasteiger partial charge in [-0.3, -0.25) is 4.79 Å². The Hall–Kier alpha value is -1.49. The lowest BCUT2D eigenvalue weighted by atomic mass is 10.3. The SMILES string of the molecule is CCCNCCC(=O)Nc1ccc(F)c(F)c1. The summed E-state index contributed by atoms with van der Waals surface area (Å²) >= 11 is 0. The Morgan fingerprint density at radius 3 is 2.65 bits per heavy atom. The first kappa shape index (κ1) is 13.6. The monoisotopic (exact) mass is 242 g/mol. The first-order valence-corrected chi connectivity index (χ1v) is 5.59. The van der Waals surface area contributed by atoms with Crippen LogP contribution in [0.3, 0.4) is 0 Å². The first-order chi connectivity index (χ1) is 8.13. The van der Waals surface area contributed by atoms with E-state index in [1.54, 1.807) is 0 Å². The number of halogens is 2. The molecule has 0 saturated carbocycles. The highest BCUT2D eigenvalue weighted by Gasteiger charge is 2.05. The van der Waals surface area contributed by atoms with Crippen LogP contribution in [0.15, 0.2) is 18.2 Å². The fraction of sp³-hybridized carbons (Fsp3) is 0.417. The lowest BCUT2D eigenvalue weighted by molar-refractivity contribution is -0.116. The van der Waals surface area contributed by atoms with Crippen molar-refractivity contribution in [1.82, 2.24) is 5.32 Å². The first-order valence-electron chi connectivity index (χ1n) is 5.59. The van der Waals surface area contributed by atoms with Crippen molar-refractivity contribution in [3.8, 4) is 0 Å². The normalized spacial score (nSPS) is 10.3. The molecule has 1 rings (SSSR count). The average molecular weight is 242 g/mol. The minimum atomic E-state index is -0.966. The number of hydrogen-bond acceptors (Lipinski definition) is 2. The fourth-order valence-corrected chi connectivity index (χ4v) is 1.30. The molecule has 5 heteroatoms. The second-order valence-corrected chi connectivity index (χ2v) is 3.68. The summed E-state index contributed by atoms with van der Waals surface area (Å²) in [6.07, 6.45) is 1.31. The molecule has 2 N–H and O–H groups in total. The van der Waals surface area contributed by atoms with Crippen LogP contribution in [0.1, 0.15) is 19.8 Å². The highest BCUT2D eigenvalue weighted by Crippen LogP contribution is 2.13. The lowest BCUT2D eigenvalue weighted by Gasteiger charge is -2.06. The number of amides is 1. The number of carbonyl (C=O) groups excluding carboxylic acids is 1. The molecular formula is C12H16F2N2O. The van der Waals surface area contributed by atoms with Crippen LogP contribution >= 0.6 is 0 Å². The molecule has 0 fully saturated rings. The summed E-state index contributed by atoms with van der Waals surface area (Å²) < 4.78 is 25.5. The third-order valence-electron chi connectivity index (χ3n) is 2.16. The number of nitrogens with one attached hydrogen (secondary N) is 2. The predicted molar refractivity (Wildman–Crippen MR) is 62.8 cm³/mol. The van der Waals surface area contributed by atoms with Gasteiger partial charge < -0.3 is 10.6 Å². The minimum absolute atomic E-state index is 0.223. The van der Waals surface area contributed by atoms with Crippen molar-refractivity contribution in [2.24, 2.45) is 0 Å². The van der Waals surface area contributed by atoms with Crippen LogP contribution in [-0.2, 0) is 4.79 Å². The Kier molecular flexibility index (Phi) is 5.56. The summed E-state index contributed by atoms with van der Waals surface area (Å²) in [5.41, 5.74) is 0.268. The van der Waals surface area contributed by atoms with Crippen LogP contribution in [0.25, 0.3) is 0 Å². The topological polar surface area (TPSA) is 41.1 Å². The zero-order valence-electron chi connectivity index (χ0n) is 9.72. The van der Waals surface area contributed by atoms with E-state index in [-0.39, 0.29) is 11.6 Å². The molecule has 17 heavy (non-hydrogen) atoms. The molecule has 0 spiro atoms. The third kappa shape index (κ3) is 4.91. The number of rotatable bonds is 6. The number of anilines is 1. The quantitative estimate of drug-likeness (QED) is 0.751. The van der Waals surface area contributed by atoms with E-state index in [0.29, 0.717) is 13.0 Å². The molecule has 0 unspecified atom stereocenters. The molecular weight excluding hydrogens is 226 g/mol. The van der Waals surface area contributed by atoms with E-state index in [4.69, 9.17) is 0 Å². The molecule has 1 amide bonds. The van der Waals surface area contributed by atoms with E-state index < -0.39 is 11.6 Å². The maximum atomic E-state index is 12.8. The largest absolute Gasteiger partial charge is 0.326 e. The van der Waals surface area contributed by atoms with Crippen LogP contribution in [-0.4, -0.2) is 19.0 Å². The van der Waals surface area contributed by atoms with Gasteiger partial charge in [0.1, 0.15) is 0 Å². The van der Waals surface area contributed by atoms with E-state index >= 15 is 0 Å². The summed E-state index contributed by atoms with van der Waals surface area (Å²) in [5, 5.41) is 5.58. The van der Waals surface area contributed by atoms with Crippen LogP contribution in [0, 0.1) is 11.6 Å². The summed E-state index contributed by atoms with van der Waals surface area (Å²) in [4.78, 5) is 11.4. The van der Waals surface area contributed by atoms with Crippen molar-refractivity contribution in [3.05, 3.63) is 29.8 Å². The van der Waals surface area contributed by atoms with Crippen LogP contribution in [0.2, 0.25) is 0 Å². The van der Waals surface area contributed by atoms with E-state index in [9.17, 15) is 13.6 Å². The van der Waals surface area contributed by atoms with Crippen molar-refractivity contribution >= 4 is 11.6 Å². The van der Waals surface area contributed by atoms with Gasteiger partial charge in [0.25, 0.3) is 0 Å². The molecule has 0 bridgehead atoms. The molecule has 0 atom stereocenters. The minimum Gasteiger partial charge on any atom is -0.326 e. The molecule has 0 aliphatic carbocycles.